The molecule has 4 rings (SSSR count). The first-order valence-electron chi connectivity index (χ1n) is 10.9. The molecule has 32 heavy (non-hydrogen) atoms. The number of carbonyl (C=O) groups excluding carboxylic acids is 1. The summed E-state index contributed by atoms with van der Waals surface area (Å²) in [5, 5.41) is 1.36. The Morgan fingerprint density at radius 2 is 1.94 bits per heavy atom. The molecule has 3 aromatic rings. The van der Waals surface area contributed by atoms with E-state index in [-0.39, 0.29) is 18.3 Å². The topological polar surface area (TPSA) is 69.0 Å². The lowest BCUT2D eigenvalue weighted by Gasteiger charge is -2.31. The maximum absolute atomic E-state index is 12.3. The molecule has 0 unspecified atom stereocenters. The number of nitrogens with zero attached hydrogens (tertiary/aromatic N) is 1. The van der Waals surface area contributed by atoms with Crippen molar-refractivity contribution in [2.75, 3.05) is 18.2 Å². The highest BCUT2D eigenvalue weighted by molar-refractivity contribution is 6.33. The van der Waals surface area contributed by atoms with Gasteiger partial charge in [0.05, 0.1) is 29.3 Å². The van der Waals surface area contributed by atoms with E-state index in [1.165, 1.54) is 0 Å². The lowest BCUT2D eigenvalue weighted by Crippen LogP contribution is -2.32. The molecule has 0 spiro atoms. The molecule has 7 heteroatoms. The van der Waals surface area contributed by atoms with Gasteiger partial charge < -0.3 is 18.8 Å². The fourth-order valence-corrected chi connectivity index (χ4v) is 4.16. The number of hydrogen-bond donors (Lipinski definition) is 0. The zero-order chi connectivity index (χ0) is 22.7. The van der Waals surface area contributed by atoms with Crippen LogP contribution in [0.5, 0.6) is 5.75 Å². The molecule has 0 radical (unpaired) electrons. The molecule has 168 valence electrons. The Labute approximate surface area is 191 Å². The standard InChI is InChI=1S/C25H26ClNO5/c1-3-5-6-17-12-22(28)32-23-19(17)13-21(26)24-20(23)14-27(15-31-24)18-9-7-16(8-10-18)25(29)30-11-4-2/h7-10,12-13H,3-6,11,14-15H2,1-2H3. The Bertz CT molecular complexity index is 1190. The number of carbonyl (C=O) groups is 1. The summed E-state index contributed by atoms with van der Waals surface area (Å²) < 4.78 is 16.8. The van der Waals surface area contributed by atoms with Gasteiger partial charge in [0.25, 0.3) is 0 Å². The molecule has 0 fully saturated rings. The quantitative estimate of drug-likeness (QED) is 0.335. The zero-order valence-corrected chi connectivity index (χ0v) is 19.0. The van der Waals surface area contributed by atoms with E-state index in [0.29, 0.717) is 35.1 Å². The van der Waals surface area contributed by atoms with E-state index in [1.807, 2.05) is 30.0 Å². The van der Waals surface area contributed by atoms with Crippen molar-refractivity contribution in [3.63, 3.8) is 0 Å². The van der Waals surface area contributed by atoms with Crippen molar-refractivity contribution < 1.29 is 18.7 Å². The van der Waals surface area contributed by atoms with E-state index in [9.17, 15) is 9.59 Å². The van der Waals surface area contributed by atoms with Gasteiger partial charge in [0.2, 0.25) is 0 Å². The van der Waals surface area contributed by atoms with E-state index < -0.39 is 0 Å². The van der Waals surface area contributed by atoms with E-state index in [0.717, 1.165) is 47.9 Å². The van der Waals surface area contributed by atoms with Gasteiger partial charge in [0.1, 0.15) is 11.3 Å². The van der Waals surface area contributed by atoms with Crippen LogP contribution in [0.15, 0.2) is 45.6 Å². The molecule has 0 N–H and O–H groups in total. The van der Waals surface area contributed by atoms with E-state index in [4.69, 9.17) is 25.5 Å². The average Bonchev–Trinajstić information content (AvgIpc) is 2.81. The van der Waals surface area contributed by atoms with Gasteiger partial charge in [-0.15, -0.1) is 0 Å². The molecule has 0 atom stereocenters. The summed E-state index contributed by atoms with van der Waals surface area (Å²) in [6.45, 7) is 5.22. The molecule has 0 saturated carbocycles. The maximum Gasteiger partial charge on any atom is 0.338 e. The minimum Gasteiger partial charge on any atom is -0.471 e. The van der Waals surface area contributed by atoms with Crippen LogP contribution >= 0.6 is 11.6 Å². The Morgan fingerprint density at radius 1 is 1.16 bits per heavy atom. The monoisotopic (exact) mass is 455 g/mol. The van der Waals surface area contributed by atoms with Crippen LogP contribution in [0.2, 0.25) is 5.02 Å². The van der Waals surface area contributed by atoms with Crippen molar-refractivity contribution in [1.82, 2.24) is 0 Å². The van der Waals surface area contributed by atoms with Crippen LogP contribution in [0.3, 0.4) is 0 Å². The lowest BCUT2D eigenvalue weighted by molar-refractivity contribution is 0.0505. The van der Waals surface area contributed by atoms with Crippen LogP contribution in [-0.4, -0.2) is 19.3 Å². The molecule has 0 saturated heterocycles. The van der Waals surface area contributed by atoms with Crippen LogP contribution in [0.25, 0.3) is 11.0 Å². The summed E-state index contributed by atoms with van der Waals surface area (Å²) >= 11 is 6.54. The van der Waals surface area contributed by atoms with Crippen molar-refractivity contribution in [2.24, 2.45) is 0 Å². The number of aryl methyl sites for hydroxylation is 1. The Hall–Kier alpha value is -2.99. The van der Waals surface area contributed by atoms with Crippen molar-refractivity contribution in [1.29, 1.82) is 0 Å². The number of rotatable bonds is 7. The third kappa shape index (κ3) is 4.46. The van der Waals surface area contributed by atoms with E-state index >= 15 is 0 Å². The number of esters is 1. The molecule has 0 bridgehead atoms. The number of ether oxygens (including phenoxy) is 2. The van der Waals surface area contributed by atoms with Crippen LogP contribution in [0, 0.1) is 0 Å². The number of fused-ring (bicyclic) bond motifs is 3. The summed E-state index contributed by atoms with van der Waals surface area (Å²) in [4.78, 5) is 26.3. The summed E-state index contributed by atoms with van der Waals surface area (Å²) in [6.07, 6.45) is 3.57. The summed E-state index contributed by atoms with van der Waals surface area (Å²) in [5.41, 5.74) is 3.21. The van der Waals surface area contributed by atoms with Crippen molar-refractivity contribution in [3.05, 3.63) is 68.5 Å². The van der Waals surface area contributed by atoms with Gasteiger partial charge in [-0.1, -0.05) is 31.9 Å². The number of anilines is 1. The van der Waals surface area contributed by atoms with Crippen LogP contribution in [0.4, 0.5) is 5.69 Å². The lowest BCUT2D eigenvalue weighted by atomic mass is 10.0. The van der Waals surface area contributed by atoms with Crippen LogP contribution in [0.1, 0.15) is 54.6 Å². The molecular weight excluding hydrogens is 430 g/mol. The molecule has 6 nitrogen and oxygen atoms in total. The van der Waals surface area contributed by atoms with Gasteiger partial charge in [-0.2, -0.15) is 0 Å². The fourth-order valence-electron chi connectivity index (χ4n) is 3.88. The second-order valence-electron chi connectivity index (χ2n) is 7.89. The van der Waals surface area contributed by atoms with Crippen LogP contribution in [-0.2, 0) is 17.7 Å². The predicted molar refractivity (Wildman–Crippen MR) is 125 cm³/mol. The van der Waals surface area contributed by atoms with Crippen molar-refractivity contribution in [2.45, 2.75) is 46.1 Å². The minimum absolute atomic E-state index is 0.289. The molecule has 2 aromatic carbocycles. The smallest absolute Gasteiger partial charge is 0.338 e. The van der Waals surface area contributed by atoms with Gasteiger partial charge in [-0.3, -0.25) is 0 Å². The third-order valence-electron chi connectivity index (χ3n) is 5.54. The van der Waals surface area contributed by atoms with Gasteiger partial charge in [-0.25, -0.2) is 9.59 Å². The Balaban J connectivity index is 1.67. The SMILES string of the molecule is CCCCc1cc(=O)oc2c3c(c(Cl)cc12)OCN(c1ccc(C(=O)OCCC)cc1)C3. The van der Waals surface area contributed by atoms with Gasteiger partial charge in [0.15, 0.2) is 6.73 Å². The largest absolute Gasteiger partial charge is 0.471 e. The summed E-state index contributed by atoms with van der Waals surface area (Å²) in [5.74, 6) is 0.212. The third-order valence-corrected chi connectivity index (χ3v) is 5.82. The van der Waals surface area contributed by atoms with Gasteiger partial charge in [-0.05, 0) is 55.2 Å². The van der Waals surface area contributed by atoms with Crippen molar-refractivity contribution in [3.8, 4) is 5.75 Å². The minimum atomic E-state index is -0.375. The highest BCUT2D eigenvalue weighted by Gasteiger charge is 2.25. The molecule has 1 aromatic heterocycles. The molecule has 1 aliphatic heterocycles. The van der Waals surface area contributed by atoms with E-state index in [2.05, 4.69) is 6.92 Å². The maximum atomic E-state index is 12.3. The fraction of sp³-hybridized carbons (Fsp3) is 0.360. The molecule has 2 heterocycles. The normalized spacial score (nSPS) is 13.0. The molecule has 1 aliphatic rings. The summed E-state index contributed by atoms with van der Waals surface area (Å²) in [6, 6.07) is 10.6. The molecule has 0 amide bonds. The number of hydrogen-bond acceptors (Lipinski definition) is 6. The highest BCUT2D eigenvalue weighted by atomic mass is 35.5. The second kappa shape index (κ2) is 9.65. The van der Waals surface area contributed by atoms with Crippen molar-refractivity contribution >= 4 is 34.2 Å². The first-order valence-corrected chi connectivity index (χ1v) is 11.3. The second-order valence-corrected chi connectivity index (χ2v) is 8.30. The number of halogens is 1. The number of benzene rings is 2. The van der Waals surface area contributed by atoms with E-state index in [1.54, 1.807) is 18.2 Å². The molecule has 0 aliphatic carbocycles. The average molecular weight is 456 g/mol. The van der Waals surface area contributed by atoms with Gasteiger partial charge in [0, 0.05) is 17.1 Å². The highest BCUT2D eigenvalue weighted by Crippen LogP contribution is 2.40. The Kier molecular flexibility index (Phi) is 6.70. The van der Waals surface area contributed by atoms with Crippen LogP contribution < -0.4 is 15.3 Å². The predicted octanol–water partition coefficient (Wildman–Crippen LogP) is 5.71. The Morgan fingerprint density at radius 3 is 2.66 bits per heavy atom. The zero-order valence-electron chi connectivity index (χ0n) is 18.3. The molecular formula is C25H26ClNO5. The first kappa shape index (κ1) is 22.2. The number of unbranched alkanes of at least 4 members (excludes halogenated alkanes) is 1. The first-order chi connectivity index (χ1) is 15.5. The summed E-state index contributed by atoms with van der Waals surface area (Å²) in [7, 11) is 0. The van der Waals surface area contributed by atoms with Gasteiger partial charge >= 0.3 is 11.6 Å².